The molecule has 3 nitrogen and oxygen atoms in total. The number of hydrogen-bond acceptors (Lipinski definition) is 3. The molecule has 0 aromatic carbocycles. The molecule has 0 aromatic rings. The largest absolute Gasteiger partial charge is 0.504 e. The van der Waals surface area contributed by atoms with Gasteiger partial charge in [0.2, 0.25) is 0 Å². The van der Waals surface area contributed by atoms with Crippen molar-refractivity contribution in [3.63, 3.8) is 0 Å². The minimum Gasteiger partial charge on any atom is -0.504 e. The lowest BCUT2D eigenvalue weighted by molar-refractivity contribution is -0.133. The van der Waals surface area contributed by atoms with Gasteiger partial charge in [-0.2, -0.15) is 0 Å². The number of rotatable bonds is 0. The molecule has 4 aliphatic carbocycles. The number of Topliss-reactive ketones (excluding diaryl/α,β-unsaturated/α-hetero) is 2. The van der Waals surface area contributed by atoms with Gasteiger partial charge in [-0.05, 0) is 67.3 Å². The fourth-order valence-electron chi connectivity index (χ4n) is 6.46. The topological polar surface area (TPSA) is 54.4 Å². The van der Waals surface area contributed by atoms with Gasteiger partial charge in [0.1, 0.15) is 5.78 Å². The number of carbonyl (C=O) groups excluding carboxylic acids is 2. The second-order valence-corrected chi connectivity index (χ2v) is 8.50. The highest BCUT2D eigenvalue weighted by Gasteiger charge is 2.59. The van der Waals surface area contributed by atoms with Crippen molar-refractivity contribution in [2.45, 2.75) is 65.2 Å². The third-order valence-corrected chi connectivity index (χ3v) is 7.80. The van der Waals surface area contributed by atoms with E-state index in [0.717, 1.165) is 50.5 Å². The molecule has 3 saturated carbocycles. The smallest absolute Gasteiger partial charge is 0.197 e. The fraction of sp³-hybridized carbons (Fsp3) is 0.789. The van der Waals surface area contributed by atoms with Crippen LogP contribution in [0.15, 0.2) is 11.3 Å². The lowest BCUT2D eigenvalue weighted by Crippen LogP contribution is -2.51. The van der Waals surface area contributed by atoms with Crippen molar-refractivity contribution in [3.05, 3.63) is 11.3 Å². The summed E-state index contributed by atoms with van der Waals surface area (Å²) in [6.07, 6.45) is 7.13. The van der Waals surface area contributed by atoms with Gasteiger partial charge >= 0.3 is 0 Å². The Hall–Kier alpha value is -1.12. The number of aliphatic hydroxyl groups is 1. The van der Waals surface area contributed by atoms with Gasteiger partial charge < -0.3 is 5.11 Å². The number of aliphatic hydroxyl groups excluding tert-OH is 1. The summed E-state index contributed by atoms with van der Waals surface area (Å²) in [5.41, 5.74) is 0.914. The second-order valence-electron chi connectivity index (χ2n) is 8.50. The van der Waals surface area contributed by atoms with E-state index < -0.39 is 0 Å². The summed E-state index contributed by atoms with van der Waals surface area (Å²) in [6, 6.07) is 0. The number of ketones is 2. The van der Waals surface area contributed by atoms with E-state index >= 15 is 0 Å². The van der Waals surface area contributed by atoms with Crippen molar-refractivity contribution in [1.29, 1.82) is 0 Å². The maximum absolute atomic E-state index is 12.4. The predicted molar refractivity (Wildman–Crippen MR) is 83.3 cm³/mol. The van der Waals surface area contributed by atoms with Crippen molar-refractivity contribution >= 4 is 11.6 Å². The predicted octanol–water partition coefficient (Wildman–Crippen LogP) is 3.97. The summed E-state index contributed by atoms with van der Waals surface area (Å²) in [4.78, 5) is 24.2. The van der Waals surface area contributed by atoms with Crippen LogP contribution in [0.1, 0.15) is 65.2 Å². The van der Waals surface area contributed by atoms with Crippen LogP contribution in [0.5, 0.6) is 0 Å². The quantitative estimate of drug-likeness (QED) is 0.736. The van der Waals surface area contributed by atoms with Crippen LogP contribution in [0.25, 0.3) is 0 Å². The van der Waals surface area contributed by atoms with Crippen molar-refractivity contribution in [1.82, 2.24) is 0 Å². The molecule has 0 heterocycles. The van der Waals surface area contributed by atoms with E-state index in [-0.39, 0.29) is 22.4 Å². The minimum atomic E-state index is -0.0920. The zero-order valence-corrected chi connectivity index (χ0v) is 13.7. The van der Waals surface area contributed by atoms with Crippen LogP contribution in [0.2, 0.25) is 0 Å². The highest BCUT2D eigenvalue weighted by Crippen LogP contribution is 2.64. The Morgan fingerprint density at radius 1 is 0.909 bits per heavy atom. The average Bonchev–Trinajstić information content (AvgIpc) is 2.79. The Balaban J connectivity index is 1.73. The van der Waals surface area contributed by atoms with Gasteiger partial charge in [0.05, 0.1) is 0 Å². The summed E-state index contributed by atoms with van der Waals surface area (Å²) in [7, 11) is 0. The van der Waals surface area contributed by atoms with E-state index in [1.807, 2.05) is 0 Å². The molecular weight excluding hydrogens is 276 g/mol. The Labute approximate surface area is 132 Å². The van der Waals surface area contributed by atoms with Crippen molar-refractivity contribution in [3.8, 4) is 0 Å². The highest BCUT2D eigenvalue weighted by atomic mass is 16.3. The van der Waals surface area contributed by atoms with Crippen LogP contribution in [-0.2, 0) is 9.59 Å². The average molecular weight is 302 g/mol. The molecule has 3 fully saturated rings. The summed E-state index contributed by atoms with van der Waals surface area (Å²) in [6.45, 7) is 4.46. The third-order valence-electron chi connectivity index (χ3n) is 7.80. The van der Waals surface area contributed by atoms with E-state index in [9.17, 15) is 14.7 Å². The standard InChI is InChI=1S/C19H26O3/c1-18-10-8-15(20)17(22)14(18)4-3-11-12-5-6-16(21)19(12,2)9-7-13(11)18/h11-13,22H,3-10H2,1-2H3/t11-,12-,13+,18+,19-/m0/s1. The molecule has 0 saturated heterocycles. The molecular formula is C19H26O3. The SMILES string of the molecule is C[C@]12CCC(=O)C(O)=C1CC[C@@H]1[C@H]2CC[C@]2(C)C(=O)CC[C@@H]12. The number of fused-ring (bicyclic) bond motifs is 5. The molecule has 0 aliphatic heterocycles. The van der Waals surface area contributed by atoms with E-state index in [1.54, 1.807) is 0 Å². The summed E-state index contributed by atoms with van der Waals surface area (Å²) in [5.74, 6) is 2.14. The van der Waals surface area contributed by atoms with Crippen LogP contribution >= 0.6 is 0 Å². The molecule has 1 N–H and O–H groups in total. The van der Waals surface area contributed by atoms with Gasteiger partial charge in [-0.15, -0.1) is 0 Å². The third kappa shape index (κ3) is 1.63. The van der Waals surface area contributed by atoms with Gasteiger partial charge in [-0.3, -0.25) is 9.59 Å². The van der Waals surface area contributed by atoms with Crippen LogP contribution in [0.4, 0.5) is 0 Å². The molecule has 0 spiro atoms. The Kier molecular flexibility index (Phi) is 2.93. The van der Waals surface area contributed by atoms with Crippen LogP contribution in [0.3, 0.4) is 0 Å². The van der Waals surface area contributed by atoms with Gasteiger partial charge in [-0.25, -0.2) is 0 Å². The highest BCUT2D eigenvalue weighted by molar-refractivity contribution is 5.95. The maximum Gasteiger partial charge on any atom is 0.197 e. The molecule has 0 bridgehead atoms. The molecule has 4 rings (SSSR count). The first-order valence-electron chi connectivity index (χ1n) is 8.87. The van der Waals surface area contributed by atoms with E-state index in [2.05, 4.69) is 13.8 Å². The van der Waals surface area contributed by atoms with Gasteiger partial charge in [0.25, 0.3) is 0 Å². The molecule has 120 valence electrons. The Morgan fingerprint density at radius 3 is 2.41 bits per heavy atom. The lowest BCUT2D eigenvalue weighted by Gasteiger charge is -2.56. The Morgan fingerprint density at radius 2 is 1.64 bits per heavy atom. The Bertz CT molecular complexity index is 589. The lowest BCUT2D eigenvalue weighted by atomic mass is 9.47. The van der Waals surface area contributed by atoms with Crippen LogP contribution < -0.4 is 0 Å². The van der Waals surface area contributed by atoms with Gasteiger partial charge in [-0.1, -0.05) is 13.8 Å². The summed E-state index contributed by atoms with van der Waals surface area (Å²) < 4.78 is 0. The van der Waals surface area contributed by atoms with E-state index in [4.69, 9.17) is 0 Å². The molecule has 0 unspecified atom stereocenters. The minimum absolute atomic E-state index is 0.0200. The molecule has 3 heteroatoms. The number of carbonyl (C=O) groups is 2. The fourth-order valence-corrected chi connectivity index (χ4v) is 6.46. The molecule has 4 aliphatic rings. The first-order valence-corrected chi connectivity index (χ1v) is 8.87. The van der Waals surface area contributed by atoms with Crippen molar-refractivity contribution < 1.29 is 14.7 Å². The number of allylic oxidation sites excluding steroid dienone is 1. The zero-order valence-electron chi connectivity index (χ0n) is 13.7. The normalized spacial score (nSPS) is 48.0. The van der Waals surface area contributed by atoms with E-state index in [0.29, 0.717) is 30.0 Å². The second kappa shape index (κ2) is 4.46. The van der Waals surface area contributed by atoms with Crippen LogP contribution in [0, 0.1) is 28.6 Å². The van der Waals surface area contributed by atoms with Crippen LogP contribution in [-0.4, -0.2) is 16.7 Å². The van der Waals surface area contributed by atoms with Crippen molar-refractivity contribution in [2.24, 2.45) is 28.6 Å². The van der Waals surface area contributed by atoms with Gasteiger partial charge in [0, 0.05) is 18.3 Å². The first kappa shape index (κ1) is 14.5. The molecule has 0 amide bonds. The zero-order chi connectivity index (χ0) is 15.7. The van der Waals surface area contributed by atoms with E-state index in [1.165, 1.54) is 0 Å². The molecule has 0 radical (unpaired) electrons. The van der Waals surface area contributed by atoms with Gasteiger partial charge in [0.15, 0.2) is 11.5 Å². The molecule has 0 aromatic heterocycles. The van der Waals surface area contributed by atoms with Crippen molar-refractivity contribution in [2.75, 3.05) is 0 Å². The monoisotopic (exact) mass is 302 g/mol. The molecule has 5 atom stereocenters. The number of hydrogen-bond donors (Lipinski definition) is 1. The molecule has 22 heavy (non-hydrogen) atoms. The summed E-state index contributed by atoms with van der Waals surface area (Å²) in [5, 5.41) is 10.3. The maximum atomic E-state index is 12.4. The summed E-state index contributed by atoms with van der Waals surface area (Å²) >= 11 is 0. The first-order chi connectivity index (χ1) is 10.4.